The van der Waals surface area contributed by atoms with Gasteiger partial charge in [0.15, 0.2) is 0 Å². The Morgan fingerprint density at radius 3 is 2.11 bits per heavy atom. The molecule has 146 valence electrons. The number of ether oxygens (including phenoxy) is 1. The van der Waals surface area contributed by atoms with Crippen LogP contribution in [0.4, 0.5) is 4.79 Å². The predicted molar refractivity (Wildman–Crippen MR) is 106 cm³/mol. The zero-order valence-corrected chi connectivity index (χ0v) is 15.8. The monoisotopic (exact) mass is 379 g/mol. The van der Waals surface area contributed by atoms with Crippen molar-refractivity contribution in [3.05, 3.63) is 59.7 Å². The van der Waals surface area contributed by atoms with Crippen LogP contribution in [0.5, 0.6) is 0 Å². The van der Waals surface area contributed by atoms with Gasteiger partial charge in [-0.1, -0.05) is 61.4 Å². The lowest BCUT2D eigenvalue weighted by molar-refractivity contribution is -0.138. The standard InChI is InChI=1S/C23H25NO4/c25-22(26)14-24(13-16-7-1-2-8-16)23(27)28-15-21-19-11-5-3-9-17(19)18-10-4-6-12-20(18)21/h3-6,9-12,16,21H,1-2,7-8,13-15H2,(H,25,26). The molecule has 4 rings (SSSR count). The van der Waals surface area contributed by atoms with Gasteiger partial charge >= 0.3 is 12.1 Å². The Morgan fingerprint density at radius 1 is 0.964 bits per heavy atom. The number of carboxylic acid groups (broad SMARTS) is 1. The molecule has 0 bridgehead atoms. The molecule has 0 saturated heterocycles. The molecule has 2 aliphatic rings. The van der Waals surface area contributed by atoms with Crippen LogP contribution in [0.3, 0.4) is 0 Å². The second-order valence-corrected chi connectivity index (χ2v) is 7.73. The summed E-state index contributed by atoms with van der Waals surface area (Å²) in [5, 5.41) is 9.20. The molecule has 0 radical (unpaired) electrons. The van der Waals surface area contributed by atoms with E-state index in [9.17, 15) is 14.7 Å². The third-order valence-corrected chi connectivity index (χ3v) is 5.87. The van der Waals surface area contributed by atoms with Gasteiger partial charge in [0, 0.05) is 12.5 Å². The van der Waals surface area contributed by atoms with E-state index < -0.39 is 12.1 Å². The van der Waals surface area contributed by atoms with Crippen molar-refractivity contribution >= 4 is 12.1 Å². The molecule has 2 aromatic carbocycles. The van der Waals surface area contributed by atoms with Gasteiger partial charge < -0.3 is 9.84 Å². The van der Waals surface area contributed by atoms with Crippen LogP contribution < -0.4 is 0 Å². The summed E-state index contributed by atoms with van der Waals surface area (Å²) < 4.78 is 5.64. The molecule has 2 aliphatic carbocycles. The fourth-order valence-corrected chi connectivity index (χ4v) is 4.56. The smallest absolute Gasteiger partial charge is 0.410 e. The molecule has 0 atom stereocenters. The van der Waals surface area contributed by atoms with E-state index in [-0.39, 0.29) is 19.1 Å². The first-order valence-corrected chi connectivity index (χ1v) is 9.95. The van der Waals surface area contributed by atoms with Gasteiger partial charge in [-0.3, -0.25) is 9.69 Å². The zero-order valence-electron chi connectivity index (χ0n) is 15.8. The Kier molecular flexibility index (Phi) is 5.33. The first-order chi connectivity index (χ1) is 13.6. The number of rotatable bonds is 6. The van der Waals surface area contributed by atoms with Crippen LogP contribution in [0.15, 0.2) is 48.5 Å². The van der Waals surface area contributed by atoms with Crippen molar-refractivity contribution in [2.45, 2.75) is 31.6 Å². The predicted octanol–water partition coefficient (Wildman–Crippen LogP) is 4.51. The topological polar surface area (TPSA) is 66.8 Å². The first-order valence-electron chi connectivity index (χ1n) is 9.95. The van der Waals surface area contributed by atoms with E-state index in [0.717, 1.165) is 36.8 Å². The first kappa shape index (κ1) is 18.5. The number of hydrogen-bond donors (Lipinski definition) is 1. The molecule has 0 unspecified atom stereocenters. The van der Waals surface area contributed by atoms with Crippen molar-refractivity contribution < 1.29 is 19.4 Å². The third kappa shape index (κ3) is 3.75. The molecule has 1 N–H and O–H groups in total. The Balaban J connectivity index is 1.48. The Bertz CT molecular complexity index is 827. The van der Waals surface area contributed by atoms with E-state index in [1.807, 2.05) is 24.3 Å². The number of hydrogen-bond acceptors (Lipinski definition) is 3. The SMILES string of the molecule is O=C(O)CN(CC1CCCC1)C(=O)OCC1c2ccccc2-c2ccccc21. The number of aliphatic carboxylic acids is 1. The van der Waals surface area contributed by atoms with Crippen molar-refractivity contribution in [3.63, 3.8) is 0 Å². The lowest BCUT2D eigenvalue weighted by atomic mass is 9.98. The van der Waals surface area contributed by atoms with Crippen LogP contribution in [0.25, 0.3) is 11.1 Å². The van der Waals surface area contributed by atoms with Gasteiger partial charge in [-0.25, -0.2) is 4.79 Å². The fraction of sp³-hybridized carbons (Fsp3) is 0.391. The summed E-state index contributed by atoms with van der Waals surface area (Å²) in [6.07, 6.45) is 3.86. The fourth-order valence-electron chi connectivity index (χ4n) is 4.56. The molecule has 1 amide bonds. The maximum atomic E-state index is 12.7. The van der Waals surface area contributed by atoms with Gasteiger partial charge in [0.1, 0.15) is 13.2 Å². The van der Waals surface area contributed by atoms with Crippen molar-refractivity contribution in [2.75, 3.05) is 19.7 Å². The summed E-state index contributed by atoms with van der Waals surface area (Å²) in [5.74, 6) is -0.652. The van der Waals surface area contributed by atoms with Gasteiger partial charge in [-0.15, -0.1) is 0 Å². The number of carbonyl (C=O) groups excluding carboxylic acids is 1. The highest BCUT2D eigenvalue weighted by Gasteiger charge is 2.30. The maximum Gasteiger partial charge on any atom is 0.410 e. The van der Waals surface area contributed by atoms with Gasteiger partial charge in [0.25, 0.3) is 0 Å². The zero-order chi connectivity index (χ0) is 19.5. The molecule has 1 saturated carbocycles. The van der Waals surface area contributed by atoms with Crippen LogP contribution in [0, 0.1) is 5.92 Å². The number of nitrogens with zero attached hydrogens (tertiary/aromatic N) is 1. The van der Waals surface area contributed by atoms with Crippen LogP contribution in [0.1, 0.15) is 42.7 Å². The molecule has 5 nitrogen and oxygen atoms in total. The highest BCUT2D eigenvalue weighted by Crippen LogP contribution is 2.44. The van der Waals surface area contributed by atoms with Gasteiger partial charge in [-0.2, -0.15) is 0 Å². The molecular weight excluding hydrogens is 354 g/mol. The highest BCUT2D eigenvalue weighted by atomic mass is 16.6. The normalized spacial score (nSPS) is 15.9. The number of carboxylic acids is 1. The largest absolute Gasteiger partial charge is 0.480 e. The summed E-state index contributed by atoms with van der Waals surface area (Å²) in [6.45, 7) is 0.365. The molecule has 0 heterocycles. The molecule has 28 heavy (non-hydrogen) atoms. The minimum atomic E-state index is -1.01. The van der Waals surface area contributed by atoms with E-state index in [0.29, 0.717) is 12.5 Å². The van der Waals surface area contributed by atoms with Gasteiger partial charge in [0.05, 0.1) is 0 Å². The van der Waals surface area contributed by atoms with Gasteiger partial charge in [0.2, 0.25) is 0 Å². The minimum Gasteiger partial charge on any atom is -0.480 e. The number of carbonyl (C=O) groups is 2. The second-order valence-electron chi connectivity index (χ2n) is 7.73. The summed E-state index contributed by atoms with van der Waals surface area (Å²) in [4.78, 5) is 25.3. The molecule has 5 heteroatoms. The Hall–Kier alpha value is -2.82. The minimum absolute atomic E-state index is 0.0190. The molecule has 2 aromatic rings. The molecular formula is C23H25NO4. The van der Waals surface area contributed by atoms with Gasteiger partial charge in [-0.05, 0) is 41.0 Å². The van der Waals surface area contributed by atoms with E-state index in [1.54, 1.807) is 0 Å². The molecule has 0 spiro atoms. The molecule has 0 aromatic heterocycles. The second kappa shape index (κ2) is 8.05. The van der Waals surface area contributed by atoms with Crippen LogP contribution in [-0.4, -0.2) is 41.8 Å². The molecule has 1 fully saturated rings. The number of fused-ring (bicyclic) bond motifs is 3. The van der Waals surface area contributed by atoms with Crippen molar-refractivity contribution in [1.82, 2.24) is 4.90 Å². The summed E-state index contributed by atoms with van der Waals surface area (Å²) in [7, 11) is 0. The van der Waals surface area contributed by atoms with E-state index in [2.05, 4.69) is 24.3 Å². The highest BCUT2D eigenvalue weighted by molar-refractivity contribution is 5.79. The van der Waals surface area contributed by atoms with Crippen LogP contribution >= 0.6 is 0 Å². The third-order valence-electron chi connectivity index (χ3n) is 5.87. The van der Waals surface area contributed by atoms with E-state index >= 15 is 0 Å². The van der Waals surface area contributed by atoms with E-state index in [1.165, 1.54) is 16.0 Å². The van der Waals surface area contributed by atoms with Crippen molar-refractivity contribution in [3.8, 4) is 11.1 Å². The number of amides is 1. The Morgan fingerprint density at radius 2 is 1.54 bits per heavy atom. The van der Waals surface area contributed by atoms with Crippen molar-refractivity contribution in [2.24, 2.45) is 5.92 Å². The Labute approximate surface area is 164 Å². The average molecular weight is 379 g/mol. The number of benzene rings is 2. The summed E-state index contributed by atoms with van der Waals surface area (Å²) in [5.41, 5.74) is 4.65. The lowest BCUT2D eigenvalue weighted by Crippen LogP contribution is -2.39. The summed E-state index contributed by atoms with van der Waals surface area (Å²) in [6, 6.07) is 16.3. The maximum absolute atomic E-state index is 12.7. The average Bonchev–Trinajstić information content (AvgIpc) is 3.31. The van der Waals surface area contributed by atoms with Crippen LogP contribution in [-0.2, 0) is 9.53 Å². The summed E-state index contributed by atoms with van der Waals surface area (Å²) >= 11 is 0. The van der Waals surface area contributed by atoms with E-state index in [4.69, 9.17) is 4.74 Å². The molecule has 0 aliphatic heterocycles. The van der Waals surface area contributed by atoms with Crippen LogP contribution in [0.2, 0.25) is 0 Å². The van der Waals surface area contributed by atoms with Crippen molar-refractivity contribution in [1.29, 1.82) is 0 Å². The quantitative estimate of drug-likeness (QED) is 0.802. The lowest BCUT2D eigenvalue weighted by Gasteiger charge is -2.24.